The van der Waals surface area contributed by atoms with E-state index in [1.165, 1.54) is 10.4 Å². The number of rotatable bonds is 5. The Labute approximate surface area is 140 Å². The van der Waals surface area contributed by atoms with Crippen molar-refractivity contribution >= 4 is 39.7 Å². The highest BCUT2D eigenvalue weighted by Crippen LogP contribution is 2.32. The second-order valence-electron chi connectivity index (χ2n) is 4.84. The van der Waals surface area contributed by atoms with Gasteiger partial charge in [-0.3, -0.25) is 10.1 Å². The van der Waals surface area contributed by atoms with Gasteiger partial charge in [0.15, 0.2) is 0 Å². The van der Waals surface area contributed by atoms with Crippen LogP contribution < -0.4 is 5.32 Å². The summed E-state index contributed by atoms with van der Waals surface area (Å²) in [7, 11) is -1.98. The first-order valence-corrected chi connectivity index (χ1v) is 8.30. The van der Waals surface area contributed by atoms with E-state index in [-0.39, 0.29) is 34.1 Å². The molecule has 0 amide bonds. The lowest BCUT2D eigenvalue weighted by atomic mass is 10.2. The predicted octanol–water partition coefficient (Wildman–Crippen LogP) is 2.04. The maximum atomic E-state index is 12.7. The van der Waals surface area contributed by atoms with Gasteiger partial charge in [-0.25, -0.2) is 8.42 Å². The first-order chi connectivity index (χ1) is 9.87. The minimum atomic E-state index is -3.74. The van der Waals surface area contributed by atoms with Gasteiger partial charge in [0.05, 0.1) is 9.95 Å². The number of sulfonamides is 1. The lowest BCUT2D eigenvalue weighted by Crippen LogP contribution is -2.40. The zero-order valence-electron chi connectivity index (χ0n) is 11.9. The molecular formula is C12H17Cl2N3O4S. The third-order valence-corrected chi connectivity index (χ3v) is 5.91. The molecule has 1 unspecified atom stereocenters. The average Bonchev–Trinajstić information content (AvgIpc) is 2.87. The molecule has 124 valence electrons. The molecule has 1 N–H and O–H groups in total. The van der Waals surface area contributed by atoms with Gasteiger partial charge in [0.25, 0.3) is 5.69 Å². The first kappa shape index (κ1) is 19.1. The van der Waals surface area contributed by atoms with Gasteiger partial charge in [-0.15, -0.1) is 12.4 Å². The maximum Gasteiger partial charge on any atom is 0.271 e. The summed E-state index contributed by atoms with van der Waals surface area (Å²) >= 11 is 5.94. The van der Waals surface area contributed by atoms with Crippen LogP contribution in [0.25, 0.3) is 0 Å². The van der Waals surface area contributed by atoms with Crippen molar-refractivity contribution in [2.45, 2.75) is 23.8 Å². The Hall–Kier alpha value is -0.930. The second-order valence-corrected chi connectivity index (χ2v) is 7.11. The molecule has 1 heterocycles. The summed E-state index contributed by atoms with van der Waals surface area (Å²) in [6.45, 7) is 0.992. The highest BCUT2D eigenvalue weighted by atomic mass is 35.5. The van der Waals surface area contributed by atoms with E-state index in [0.717, 1.165) is 25.0 Å². The number of likely N-dealkylation sites (N-methyl/N-ethyl adjacent to an activating group) is 1. The van der Waals surface area contributed by atoms with Crippen molar-refractivity contribution < 1.29 is 13.3 Å². The number of nitrogens with one attached hydrogen (secondary N) is 1. The molecule has 22 heavy (non-hydrogen) atoms. The molecule has 1 fully saturated rings. The van der Waals surface area contributed by atoms with E-state index < -0.39 is 14.9 Å². The van der Waals surface area contributed by atoms with Crippen LogP contribution in [0.2, 0.25) is 5.02 Å². The van der Waals surface area contributed by atoms with E-state index in [0.29, 0.717) is 13.1 Å². The van der Waals surface area contributed by atoms with Crippen LogP contribution in [0.5, 0.6) is 0 Å². The molecule has 7 nitrogen and oxygen atoms in total. The van der Waals surface area contributed by atoms with Crippen molar-refractivity contribution in [2.24, 2.45) is 0 Å². The van der Waals surface area contributed by atoms with Crippen molar-refractivity contribution in [1.29, 1.82) is 0 Å². The van der Waals surface area contributed by atoms with E-state index in [9.17, 15) is 18.5 Å². The number of nitrogens with zero attached hydrogens (tertiary/aromatic N) is 2. The summed E-state index contributed by atoms with van der Waals surface area (Å²) in [6.07, 6.45) is 1.57. The summed E-state index contributed by atoms with van der Waals surface area (Å²) in [5.41, 5.74) is -0.229. The number of halogens is 2. The van der Waals surface area contributed by atoms with E-state index in [1.807, 2.05) is 0 Å². The van der Waals surface area contributed by atoms with Gasteiger partial charge in [-0.05, 0) is 26.0 Å². The molecule has 1 saturated heterocycles. The molecule has 10 heteroatoms. The smallest absolute Gasteiger partial charge is 0.271 e. The van der Waals surface area contributed by atoms with Crippen LogP contribution in [-0.4, -0.2) is 43.8 Å². The normalized spacial score (nSPS) is 18.9. The zero-order chi connectivity index (χ0) is 15.6. The fourth-order valence-corrected chi connectivity index (χ4v) is 4.71. The van der Waals surface area contributed by atoms with Crippen LogP contribution >= 0.6 is 24.0 Å². The molecule has 1 aromatic rings. The predicted molar refractivity (Wildman–Crippen MR) is 86.2 cm³/mol. The minimum absolute atomic E-state index is 0. The maximum absolute atomic E-state index is 12.7. The van der Waals surface area contributed by atoms with Crippen LogP contribution in [-0.2, 0) is 10.0 Å². The molecule has 0 bridgehead atoms. The number of non-ortho nitro benzene ring substituents is 1. The monoisotopic (exact) mass is 369 g/mol. The van der Waals surface area contributed by atoms with Crippen LogP contribution in [0, 0.1) is 10.1 Å². The molecule has 2 rings (SSSR count). The lowest BCUT2D eigenvalue weighted by Gasteiger charge is -2.24. The number of benzene rings is 1. The van der Waals surface area contributed by atoms with Gasteiger partial charge in [0.1, 0.15) is 4.90 Å². The number of hydrogen-bond acceptors (Lipinski definition) is 5. The van der Waals surface area contributed by atoms with Crippen LogP contribution in [0.15, 0.2) is 23.1 Å². The van der Waals surface area contributed by atoms with Gasteiger partial charge >= 0.3 is 0 Å². The lowest BCUT2D eigenvalue weighted by molar-refractivity contribution is -0.384. The SMILES string of the molecule is CNCC1CCCN1S(=O)(=O)c1ccc([N+](=O)[O-])cc1Cl.Cl. The first-order valence-electron chi connectivity index (χ1n) is 6.48. The molecule has 0 aliphatic carbocycles. The largest absolute Gasteiger partial charge is 0.318 e. The number of nitro benzene ring substituents is 1. The van der Waals surface area contributed by atoms with Crippen molar-refractivity contribution in [1.82, 2.24) is 9.62 Å². The third kappa shape index (κ3) is 3.69. The van der Waals surface area contributed by atoms with E-state index in [1.54, 1.807) is 7.05 Å². The van der Waals surface area contributed by atoms with Gasteiger partial charge in [0.2, 0.25) is 10.0 Å². The Morgan fingerprint density at radius 1 is 1.50 bits per heavy atom. The summed E-state index contributed by atoms with van der Waals surface area (Å²) in [6, 6.07) is 3.30. The molecule has 0 radical (unpaired) electrons. The Kier molecular flexibility index (Phi) is 6.57. The Balaban J connectivity index is 0.00000242. The molecule has 0 spiro atoms. The van der Waals surface area contributed by atoms with Crippen LogP contribution in [0.1, 0.15) is 12.8 Å². The summed E-state index contributed by atoms with van der Waals surface area (Å²) in [5, 5.41) is 13.5. The van der Waals surface area contributed by atoms with E-state index in [4.69, 9.17) is 11.6 Å². The molecule has 1 aromatic carbocycles. The van der Waals surface area contributed by atoms with Crippen LogP contribution in [0.4, 0.5) is 5.69 Å². The van der Waals surface area contributed by atoms with Crippen molar-refractivity contribution in [3.8, 4) is 0 Å². The molecule has 0 saturated carbocycles. The second kappa shape index (κ2) is 7.56. The van der Waals surface area contributed by atoms with E-state index >= 15 is 0 Å². The highest BCUT2D eigenvalue weighted by Gasteiger charge is 2.36. The van der Waals surface area contributed by atoms with Crippen molar-refractivity contribution in [3.63, 3.8) is 0 Å². The summed E-state index contributed by atoms with van der Waals surface area (Å²) in [5.74, 6) is 0. The molecule has 0 aromatic heterocycles. The van der Waals surface area contributed by atoms with Crippen molar-refractivity contribution in [2.75, 3.05) is 20.1 Å². The van der Waals surface area contributed by atoms with Crippen molar-refractivity contribution in [3.05, 3.63) is 33.3 Å². The van der Waals surface area contributed by atoms with E-state index in [2.05, 4.69) is 5.32 Å². The van der Waals surface area contributed by atoms with Gasteiger partial charge in [-0.1, -0.05) is 11.6 Å². The molecular weight excluding hydrogens is 353 g/mol. The Morgan fingerprint density at radius 2 is 2.18 bits per heavy atom. The molecule has 1 aliphatic rings. The Bertz CT molecular complexity index is 654. The molecule has 1 atom stereocenters. The zero-order valence-corrected chi connectivity index (χ0v) is 14.2. The van der Waals surface area contributed by atoms with Gasteiger partial charge < -0.3 is 5.32 Å². The quantitative estimate of drug-likeness (QED) is 0.633. The fourth-order valence-electron chi connectivity index (χ4n) is 2.50. The number of nitro groups is 1. The van der Waals surface area contributed by atoms with Crippen LogP contribution in [0.3, 0.4) is 0 Å². The van der Waals surface area contributed by atoms with Gasteiger partial charge in [-0.2, -0.15) is 4.31 Å². The molecule has 1 aliphatic heterocycles. The minimum Gasteiger partial charge on any atom is -0.318 e. The van der Waals surface area contributed by atoms with Gasteiger partial charge in [0, 0.05) is 31.3 Å². The summed E-state index contributed by atoms with van der Waals surface area (Å²) in [4.78, 5) is 9.99. The topological polar surface area (TPSA) is 92.6 Å². The third-order valence-electron chi connectivity index (χ3n) is 3.48. The Morgan fingerprint density at radius 3 is 2.73 bits per heavy atom. The highest BCUT2D eigenvalue weighted by molar-refractivity contribution is 7.89. The number of hydrogen-bond donors (Lipinski definition) is 1. The standard InChI is InChI=1S/C12H16ClN3O4S.ClH/c1-14-8-10-3-2-6-15(10)21(19,20)12-5-4-9(16(17)18)7-11(12)13;/h4-5,7,10,14H,2-3,6,8H2,1H3;1H. The fraction of sp³-hybridized carbons (Fsp3) is 0.500. The summed E-state index contributed by atoms with van der Waals surface area (Å²) < 4.78 is 26.7. The average molecular weight is 370 g/mol.